The molecule has 0 spiro atoms. The van der Waals surface area contributed by atoms with E-state index in [0.717, 1.165) is 5.48 Å². The molecule has 21 heavy (non-hydrogen) atoms. The van der Waals surface area contributed by atoms with Crippen LogP contribution >= 0.6 is 0 Å². The normalized spacial score (nSPS) is 23.7. The highest BCUT2D eigenvalue weighted by atomic mass is 16.6. The van der Waals surface area contributed by atoms with Crippen molar-refractivity contribution in [2.75, 3.05) is 6.61 Å². The first-order valence-electron chi connectivity index (χ1n) is 6.70. The fourth-order valence-corrected chi connectivity index (χ4v) is 2.39. The van der Waals surface area contributed by atoms with E-state index in [-0.39, 0.29) is 12.2 Å². The van der Waals surface area contributed by atoms with Crippen molar-refractivity contribution in [3.63, 3.8) is 0 Å². The number of ether oxygens (including phenoxy) is 1. The van der Waals surface area contributed by atoms with Gasteiger partial charge in [0.2, 0.25) is 0 Å². The number of aromatic nitrogens is 2. The second-order valence-electron chi connectivity index (χ2n) is 5.76. The van der Waals surface area contributed by atoms with Crippen LogP contribution in [-0.4, -0.2) is 37.3 Å². The summed E-state index contributed by atoms with van der Waals surface area (Å²) in [6.07, 6.45) is 4.71. The van der Waals surface area contributed by atoms with Gasteiger partial charge in [-0.2, -0.15) is 5.48 Å². The molecule has 1 unspecified atom stereocenters. The molecule has 0 bridgehead atoms. The molecule has 2 rings (SSSR count). The minimum Gasteiger partial charge on any atom is -0.387 e. The molecule has 0 amide bonds. The Morgan fingerprint density at radius 3 is 2.57 bits per heavy atom. The van der Waals surface area contributed by atoms with Crippen molar-refractivity contribution in [1.29, 1.82) is 0 Å². The SMILES string of the molecule is C=C/C=c1\c(=C/[NH2+]O)n(CC2(C(C)(C)O)CO2)c(=O)n1C. The zero-order valence-electron chi connectivity index (χ0n) is 12.5. The Morgan fingerprint density at radius 1 is 1.52 bits per heavy atom. The molecular formula is C14H22N3O4+. The number of allylic oxidation sites excluding steroid dienone is 1. The van der Waals surface area contributed by atoms with Gasteiger partial charge in [-0.3, -0.25) is 9.13 Å². The molecule has 1 saturated heterocycles. The molecule has 1 aromatic rings. The molecule has 1 aliphatic rings. The summed E-state index contributed by atoms with van der Waals surface area (Å²) in [5.74, 6) is 0. The van der Waals surface area contributed by atoms with Crippen LogP contribution in [0.3, 0.4) is 0 Å². The third-order valence-electron chi connectivity index (χ3n) is 3.96. The number of quaternary nitrogens is 1. The number of aliphatic hydroxyl groups is 1. The summed E-state index contributed by atoms with van der Waals surface area (Å²) in [7, 11) is 1.65. The fraction of sp³-hybridized carbons (Fsp3) is 0.500. The van der Waals surface area contributed by atoms with E-state index in [1.807, 2.05) is 0 Å². The lowest BCUT2D eigenvalue weighted by Crippen LogP contribution is -2.75. The van der Waals surface area contributed by atoms with Crippen molar-refractivity contribution in [1.82, 2.24) is 9.13 Å². The highest BCUT2D eigenvalue weighted by Crippen LogP contribution is 2.39. The molecule has 0 saturated carbocycles. The van der Waals surface area contributed by atoms with Gasteiger partial charge in [-0.05, 0) is 19.9 Å². The molecule has 0 radical (unpaired) electrons. The Labute approximate surface area is 122 Å². The average Bonchev–Trinajstić information content (AvgIpc) is 3.15. The Kier molecular flexibility index (Phi) is 3.94. The Morgan fingerprint density at radius 2 is 2.14 bits per heavy atom. The molecule has 2 heterocycles. The Hall–Kier alpha value is -1.67. The Balaban J connectivity index is 2.64. The smallest absolute Gasteiger partial charge is 0.329 e. The summed E-state index contributed by atoms with van der Waals surface area (Å²) >= 11 is 0. The first kappa shape index (κ1) is 15.7. The number of nitrogens with zero attached hydrogens (tertiary/aromatic N) is 2. The first-order chi connectivity index (χ1) is 9.77. The third-order valence-corrected chi connectivity index (χ3v) is 3.96. The third kappa shape index (κ3) is 2.60. The van der Waals surface area contributed by atoms with Crippen molar-refractivity contribution in [3.05, 3.63) is 33.8 Å². The minimum absolute atomic E-state index is 0.216. The van der Waals surface area contributed by atoms with E-state index in [0.29, 0.717) is 17.3 Å². The maximum absolute atomic E-state index is 12.4. The molecule has 1 aliphatic heterocycles. The van der Waals surface area contributed by atoms with E-state index in [1.165, 1.54) is 15.3 Å². The van der Waals surface area contributed by atoms with E-state index >= 15 is 0 Å². The molecule has 1 fully saturated rings. The zero-order valence-corrected chi connectivity index (χ0v) is 12.5. The molecule has 0 aliphatic carbocycles. The number of rotatable bonds is 5. The number of epoxide rings is 1. The summed E-state index contributed by atoms with van der Waals surface area (Å²) in [6, 6.07) is 0. The highest BCUT2D eigenvalue weighted by molar-refractivity contribution is 5.33. The largest absolute Gasteiger partial charge is 0.387 e. The molecule has 4 N–H and O–H groups in total. The standard InChI is InChI=1S/C14H21N3O4/c1-5-6-10-11(7-15-20)17(12(18)16(10)4)8-14(9-21-14)13(2,3)19/h5-7,15,19-20H,1,8-9H2,2-4H3/p+1/b10-6+,11-7+. The van der Waals surface area contributed by atoms with Gasteiger partial charge in [0.15, 0.2) is 6.20 Å². The van der Waals surface area contributed by atoms with Crippen LogP contribution in [0.2, 0.25) is 0 Å². The van der Waals surface area contributed by atoms with Crippen molar-refractivity contribution in [2.45, 2.75) is 31.6 Å². The van der Waals surface area contributed by atoms with E-state index in [9.17, 15) is 9.90 Å². The molecule has 1 aromatic heterocycles. The predicted molar refractivity (Wildman–Crippen MR) is 76.7 cm³/mol. The molecule has 1 atom stereocenters. The predicted octanol–water partition coefficient (Wildman–Crippen LogP) is -2.62. The number of nitrogens with two attached hydrogens (primary N) is 1. The fourth-order valence-electron chi connectivity index (χ4n) is 2.39. The van der Waals surface area contributed by atoms with Crippen LogP contribution in [0, 0.1) is 0 Å². The zero-order chi connectivity index (χ0) is 15.8. The van der Waals surface area contributed by atoms with Gasteiger partial charge in [-0.15, -0.1) is 0 Å². The Bertz CT molecular complexity index is 717. The van der Waals surface area contributed by atoms with Crippen molar-refractivity contribution in [3.8, 4) is 0 Å². The van der Waals surface area contributed by atoms with E-state index < -0.39 is 11.2 Å². The van der Waals surface area contributed by atoms with Crippen LogP contribution in [0.1, 0.15) is 13.8 Å². The lowest BCUT2D eigenvalue weighted by molar-refractivity contribution is -0.812. The maximum atomic E-state index is 12.4. The van der Waals surface area contributed by atoms with Gasteiger partial charge in [0.1, 0.15) is 11.0 Å². The summed E-state index contributed by atoms with van der Waals surface area (Å²) in [4.78, 5) is 12.4. The highest BCUT2D eigenvalue weighted by Gasteiger charge is 2.56. The molecular weight excluding hydrogens is 274 g/mol. The van der Waals surface area contributed by atoms with Gasteiger partial charge < -0.3 is 9.84 Å². The van der Waals surface area contributed by atoms with Crippen LogP contribution in [0.25, 0.3) is 12.3 Å². The summed E-state index contributed by atoms with van der Waals surface area (Å²) in [5.41, 5.74) is -1.20. The molecule has 7 heteroatoms. The van der Waals surface area contributed by atoms with Gasteiger partial charge in [-0.1, -0.05) is 12.7 Å². The van der Waals surface area contributed by atoms with E-state index in [1.54, 1.807) is 33.0 Å². The van der Waals surface area contributed by atoms with Crippen LogP contribution < -0.4 is 21.9 Å². The van der Waals surface area contributed by atoms with Gasteiger partial charge >= 0.3 is 5.69 Å². The van der Waals surface area contributed by atoms with E-state index in [2.05, 4.69) is 6.58 Å². The number of hydrogen-bond donors (Lipinski definition) is 3. The quantitative estimate of drug-likeness (QED) is 0.409. The van der Waals surface area contributed by atoms with Gasteiger partial charge in [0.05, 0.1) is 24.1 Å². The minimum atomic E-state index is -1.06. The second-order valence-corrected chi connectivity index (χ2v) is 5.76. The second kappa shape index (κ2) is 5.27. The lowest BCUT2D eigenvalue weighted by atomic mass is 9.91. The van der Waals surface area contributed by atoms with E-state index in [4.69, 9.17) is 9.94 Å². The number of hydrogen-bond acceptors (Lipinski definition) is 4. The van der Waals surface area contributed by atoms with Crippen LogP contribution in [0.5, 0.6) is 0 Å². The maximum Gasteiger partial charge on any atom is 0.329 e. The average molecular weight is 296 g/mol. The summed E-state index contributed by atoms with van der Waals surface area (Å²) in [6.45, 7) is 7.56. The lowest BCUT2D eigenvalue weighted by Gasteiger charge is -2.26. The van der Waals surface area contributed by atoms with Crippen LogP contribution in [-0.2, 0) is 18.3 Å². The molecule has 0 aromatic carbocycles. The van der Waals surface area contributed by atoms with Gasteiger partial charge in [0, 0.05) is 7.05 Å². The van der Waals surface area contributed by atoms with Gasteiger partial charge in [0.25, 0.3) is 0 Å². The number of hydroxylamine groups is 1. The summed E-state index contributed by atoms with van der Waals surface area (Å²) < 4.78 is 8.39. The van der Waals surface area contributed by atoms with Gasteiger partial charge in [-0.25, -0.2) is 10.0 Å². The van der Waals surface area contributed by atoms with Crippen LogP contribution in [0.15, 0.2) is 17.4 Å². The molecule has 116 valence electrons. The molecule has 7 nitrogen and oxygen atoms in total. The topological polar surface area (TPSA) is 96.5 Å². The number of imidazole rings is 1. The van der Waals surface area contributed by atoms with Crippen LogP contribution in [0.4, 0.5) is 0 Å². The van der Waals surface area contributed by atoms with Crippen molar-refractivity contribution < 1.29 is 20.5 Å². The summed E-state index contributed by atoms with van der Waals surface area (Å²) in [5, 5.41) is 20.5. The van der Waals surface area contributed by atoms with Crippen molar-refractivity contribution >= 4 is 12.3 Å². The van der Waals surface area contributed by atoms with Crippen molar-refractivity contribution in [2.24, 2.45) is 7.05 Å². The first-order valence-corrected chi connectivity index (χ1v) is 6.70. The monoisotopic (exact) mass is 296 g/mol.